The Morgan fingerprint density at radius 1 is 0.774 bits per heavy atom. The Labute approximate surface area is 496 Å². The fourth-order valence-electron chi connectivity index (χ4n) is 10.5. The van der Waals surface area contributed by atoms with E-state index in [1.165, 1.54) is 73.9 Å². The lowest BCUT2D eigenvalue weighted by Gasteiger charge is -2.36. The molecule has 84 heavy (non-hydrogen) atoms. The van der Waals surface area contributed by atoms with Gasteiger partial charge in [0.05, 0.1) is 38.4 Å². The highest BCUT2D eigenvalue weighted by atomic mass is 16.5. The zero-order valence-corrected chi connectivity index (χ0v) is 51.6. The predicted octanol–water partition coefficient (Wildman–Crippen LogP) is 6.32. The number of benzene rings is 2. The van der Waals surface area contributed by atoms with Crippen molar-refractivity contribution in [3.63, 3.8) is 0 Å². The molecule has 21 heteroatoms. The van der Waals surface area contributed by atoms with Crippen LogP contribution in [0.5, 0.6) is 17.2 Å². The van der Waals surface area contributed by atoms with Crippen LogP contribution in [0.15, 0.2) is 54.6 Å². The van der Waals surface area contributed by atoms with Crippen molar-refractivity contribution in [3.05, 3.63) is 65.7 Å². The molecule has 1 saturated carbocycles. The Morgan fingerprint density at radius 2 is 1.48 bits per heavy atom. The van der Waals surface area contributed by atoms with Crippen molar-refractivity contribution in [2.45, 2.75) is 168 Å². The number of cyclic esters (lactones) is 2. The number of likely N-dealkylation sites (N-methyl/N-ethyl adjacent to an activating group) is 3. The van der Waals surface area contributed by atoms with Gasteiger partial charge in [0.15, 0.2) is 18.1 Å². The van der Waals surface area contributed by atoms with E-state index < -0.39 is 108 Å². The number of methoxy groups -OCH3 is 2. The molecule has 2 N–H and O–H groups in total. The summed E-state index contributed by atoms with van der Waals surface area (Å²) >= 11 is 0. The SMILES string of the molecule is COc1ccc(CC[C@H]2OC(=O)[C@@H]3CCCCN3C(=O)C(=O)C(C)(C)COC(=O)C=CCCN(C)C(=O)[C@H](CC3CCCCC3)NC(=O)[C@H](COC(C)(C)C)N(C)C(=O)[C@@H](CC(C)C)NC(=O)CN(C)C(=O)COc3cccc2c3)cc1OC. The number of hydrogen-bond donors (Lipinski definition) is 2. The fourth-order valence-corrected chi connectivity index (χ4v) is 10.5. The average Bonchev–Trinajstić information content (AvgIpc) is 3.57. The van der Waals surface area contributed by atoms with Crippen LogP contribution in [0.2, 0.25) is 0 Å². The van der Waals surface area contributed by atoms with Gasteiger partial charge in [-0.15, -0.1) is 0 Å². The number of carbonyl (C=O) groups is 9. The van der Waals surface area contributed by atoms with Crippen molar-refractivity contribution in [1.82, 2.24) is 30.2 Å². The molecule has 1 aliphatic carbocycles. The minimum Gasteiger partial charge on any atom is -0.493 e. The van der Waals surface area contributed by atoms with Crippen LogP contribution in [-0.4, -0.2) is 177 Å². The molecular formula is C63H92N6O15. The van der Waals surface area contributed by atoms with E-state index in [0.29, 0.717) is 42.7 Å². The van der Waals surface area contributed by atoms with Crippen molar-refractivity contribution in [3.8, 4) is 17.2 Å². The van der Waals surface area contributed by atoms with E-state index in [2.05, 4.69) is 10.6 Å². The van der Waals surface area contributed by atoms with E-state index in [4.69, 9.17) is 28.4 Å². The molecule has 464 valence electrons. The van der Waals surface area contributed by atoms with Crippen LogP contribution in [0, 0.1) is 17.3 Å². The summed E-state index contributed by atoms with van der Waals surface area (Å²) in [5, 5.41) is 5.80. The predicted molar refractivity (Wildman–Crippen MR) is 314 cm³/mol. The molecule has 2 heterocycles. The van der Waals surface area contributed by atoms with Gasteiger partial charge in [-0.2, -0.15) is 0 Å². The van der Waals surface area contributed by atoms with Gasteiger partial charge in [0.25, 0.3) is 11.8 Å². The number of aryl methyl sites for hydroxylation is 1. The van der Waals surface area contributed by atoms with Crippen LogP contribution < -0.4 is 24.8 Å². The zero-order chi connectivity index (χ0) is 61.9. The van der Waals surface area contributed by atoms with Crippen LogP contribution in [0.4, 0.5) is 0 Å². The number of ether oxygens (including phenoxy) is 6. The molecule has 1 saturated heterocycles. The Balaban J connectivity index is 1.47. The number of rotatable bonds is 11. The van der Waals surface area contributed by atoms with Gasteiger partial charge in [0, 0.05) is 40.3 Å². The second-order valence-electron chi connectivity index (χ2n) is 24.5. The van der Waals surface area contributed by atoms with E-state index in [1.807, 2.05) is 46.8 Å². The number of fused-ring (bicyclic) bond motifs is 3. The number of Topliss-reactive ketones (excluding diaryl/α,β-unsaturated/α-hetero) is 1. The lowest BCUT2D eigenvalue weighted by atomic mass is 9.84. The van der Waals surface area contributed by atoms with E-state index in [0.717, 1.165) is 37.7 Å². The molecule has 0 aromatic heterocycles. The lowest BCUT2D eigenvalue weighted by Crippen LogP contribution is -2.59. The van der Waals surface area contributed by atoms with Crippen LogP contribution in [0.3, 0.4) is 0 Å². The van der Waals surface area contributed by atoms with Crippen LogP contribution in [-0.2, 0) is 63.8 Å². The van der Waals surface area contributed by atoms with E-state index in [9.17, 15) is 43.2 Å². The lowest BCUT2D eigenvalue weighted by molar-refractivity contribution is -0.165. The smallest absolute Gasteiger partial charge is 0.330 e. The molecule has 6 amide bonds. The summed E-state index contributed by atoms with van der Waals surface area (Å²) in [6.45, 7) is 10.9. The van der Waals surface area contributed by atoms with E-state index in [-0.39, 0.29) is 68.9 Å². The molecule has 3 aliphatic rings. The second-order valence-corrected chi connectivity index (χ2v) is 24.5. The summed E-state index contributed by atoms with van der Waals surface area (Å²) in [5.41, 5.74) is -0.866. The summed E-state index contributed by atoms with van der Waals surface area (Å²) < 4.78 is 34.9. The maximum absolute atomic E-state index is 14.6. The summed E-state index contributed by atoms with van der Waals surface area (Å²) in [6.07, 6.45) is 9.39. The van der Waals surface area contributed by atoms with Crippen molar-refractivity contribution in [2.24, 2.45) is 17.3 Å². The zero-order valence-electron chi connectivity index (χ0n) is 51.6. The third-order valence-corrected chi connectivity index (χ3v) is 15.5. The number of nitrogens with one attached hydrogen (secondary N) is 2. The van der Waals surface area contributed by atoms with Gasteiger partial charge in [0.1, 0.15) is 42.6 Å². The topological polar surface area (TPSA) is 246 Å². The van der Waals surface area contributed by atoms with Gasteiger partial charge in [-0.25, -0.2) is 9.59 Å². The Hall–Kier alpha value is -7.03. The Morgan fingerprint density at radius 3 is 2.15 bits per heavy atom. The standard InChI is InChI=1S/C63H92N6O15/c1-41(2)33-46-59(76)68(10)49(38-83-62(3,4)5)57(74)65-47(34-42-21-14-13-15-22-42)58(75)66(8)31-18-17-26-55(72)82-40-63(6,7)56(73)60(77)69-32-19-16-25-48(69)61(78)84-50(29-27-43-28-30-51(79-11)52(35-43)80-12)44-23-20-24-45(36-44)81-39-54(71)67(9)37-53(70)64-46/h17,20,23-24,26,28,30,35-36,41-42,46-50H,13-16,18-19,21-22,25,27,29,31-34,37-40H2,1-12H3,(H,64,70)(H,65,74)/t46-,47+,48+,49+,50-/m1/s1. The van der Waals surface area contributed by atoms with E-state index in [1.54, 1.807) is 37.4 Å². The van der Waals surface area contributed by atoms with Gasteiger partial charge in [-0.05, 0) is 133 Å². The average molecular weight is 1170 g/mol. The van der Waals surface area contributed by atoms with Crippen molar-refractivity contribution >= 4 is 53.2 Å². The first-order chi connectivity index (χ1) is 39.7. The molecule has 5 atom stereocenters. The van der Waals surface area contributed by atoms with Crippen molar-refractivity contribution < 1.29 is 71.6 Å². The minimum atomic E-state index is -1.49. The summed E-state index contributed by atoms with van der Waals surface area (Å²) in [7, 11) is 7.55. The number of ketones is 1. The van der Waals surface area contributed by atoms with E-state index >= 15 is 0 Å². The Kier molecular flexibility index (Phi) is 25.6. The van der Waals surface area contributed by atoms with Crippen molar-refractivity contribution in [1.29, 1.82) is 0 Å². The summed E-state index contributed by atoms with van der Waals surface area (Å²) in [4.78, 5) is 132. The summed E-state index contributed by atoms with van der Waals surface area (Å²) in [5.74, 6) is -4.69. The highest BCUT2D eigenvalue weighted by Gasteiger charge is 2.43. The van der Waals surface area contributed by atoms with Gasteiger partial charge >= 0.3 is 11.9 Å². The minimum absolute atomic E-state index is 0.0910. The largest absolute Gasteiger partial charge is 0.493 e. The number of carbonyl (C=O) groups excluding carboxylic acids is 9. The monoisotopic (exact) mass is 1170 g/mol. The molecule has 2 aromatic carbocycles. The number of esters is 2. The number of nitrogens with zero attached hydrogens (tertiary/aromatic N) is 4. The molecule has 0 radical (unpaired) electrons. The molecule has 2 bridgehead atoms. The molecule has 2 aromatic rings. The molecule has 2 aliphatic heterocycles. The van der Waals surface area contributed by atoms with Crippen LogP contribution in [0.1, 0.15) is 143 Å². The van der Waals surface area contributed by atoms with Gasteiger partial charge < -0.3 is 58.7 Å². The molecular weight excluding hydrogens is 1080 g/mol. The van der Waals surface area contributed by atoms with Gasteiger partial charge in [-0.3, -0.25) is 33.6 Å². The molecule has 2 fully saturated rings. The first kappa shape index (κ1) is 67.8. The molecule has 0 spiro atoms. The highest BCUT2D eigenvalue weighted by Crippen LogP contribution is 2.33. The third kappa shape index (κ3) is 20.4. The van der Waals surface area contributed by atoms with Gasteiger partial charge in [-0.1, -0.05) is 70.2 Å². The second kappa shape index (κ2) is 31.7. The first-order valence-corrected chi connectivity index (χ1v) is 29.5. The number of hydrogen-bond acceptors (Lipinski definition) is 15. The quantitative estimate of drug-likeness (QED) is 0.185. The maximum atomic E-state index is 14.6. The Bertz CT molecular complexity index is 2640. The molecule has 21 nitrogen and oxygen atoms in total. The van der Waals surface area contributed by atoms with Crippen LogP contribution in [0.25, 0.3) is 0 Å². The van der Waals surface area contributed by atoms with Gasteiger partial charge in [0.2, 0.25) is 29.4 Å². The molecule has 0 unspecified atom stereocenters. The maximum Gasteiger partial charge on any atom is 0.330 e. The first-order valence-electron chi connectivity index (χ1n) is 29.5. The number of amides is 6. The van der Waals surface area contributed by atoms with Crippen LogP contribution >= 0.6 is 0 Å². The normalized spacial score (nSPS) is 23.4. The summed E-state index contributed by atoms with van der Waals surface area (Å²) in [6, 6.07) is 7.71. The molecule has 5 rings (SSSR count). The third-order valence-electron chi connectivity index (χ3n) is 15.5. The van der Waals surface area contributed by atoms with Crippen molar-refractivity contribution in [2.75, 3.05) is 74.8 Å². The highest BCUT2D eigenvalue weighted by molar-refractivity contribution is 6.38. The number of piperidine rings is 1. The fraction of sp³-hybridized carbons (Fsp3) is 0.635.